The van der Waals surface area contributed by atoms with E-state index in [1.165, 1.54) is 0 Å². The van der Waals surface area contributed by atoms with Crippen LogP contribution in [0.3, 0.4) is 0 Å². The average molecular weight is 375 g/mol. The summed E-state index contributed by atoms with van der Waals surface area (Å²) in [4.78, 5) is 17.3. The fourth-order valence-corrected chi connectivity index (χ4v) is 3.93. The minimum absolute atomic E-state index is 0.00319. The highest BCUT2D eigenvalue weighted by atomic mass is 35.5. The first-order valence-electron chi connectivity index (χ1n) is 7.39. The van der Waals surface area contributed by atoms with Gasteiger partial charge >= 0.3 is 0 Å². The summed E-state index contributed by atoms with van der Waals surface area (Å²) in [5.74, 6) is 0.684. The molecule has 0 spiro atoms. The van der Waals surface area contributed by atoms with Gasteiger partial charge in [0.05, 0.1) is 5.02 Å². The minimum atomic E-state index is -0.00319. The molecule has 0 fully saturated rings. The summed E-state index contributed by atoms with van der Waals surface area (Å²) in [6.07, 6.45) is 2.22. The van der Waals surface area contributed by atoms with Crippen LogP contribution >= 0.6 is 34.7 Å². The molecule has 3 nitrogen and oxygen atoms in total. The standard InChI is InChI=1S/C18H15ClN2OS2/c19-15-3-1-2-4-16(15)23-11-9-17(22)21-14-7-5-13(6-8-14)18-20-10-12-24-18/h1-8,10,12H,9,11H2,(H,21,22). The van der Waals surface area contributed by atoms with Gasteiger partial charge in [-0.15, -0.1) is 23.1 Å². The Morgan fingerprint density at radius 3 is 2.67 bits per heavy atom. The van der Waals surface area contributed by atoms with Gasteiger partial charge < -0.3 is 5.32 Å². The lowest BCUT2D eigenvalue weighted by atomic mass is 10.2. The number of thiazole rings is 1. The molecule has 0 radical (unpaired) electrons. The Labute approximate surface area is 154 Å². The summed E-state index contributed by atoms with van der Waals surface area (Å²) >= 11 is 9.28. The van der Waals surface area contributed by atoms with Crippen molar-refractivity contribution in [1.82, 2.24) is 4.98 Å². The van der Waals surface area contributed by atoms with Crippen molar-refractivity contribution in [1.29, 1.82) is 0 Å². The molecule has 1 heterocycles. The molecular formula is C18H15ClN2OS2. The molecule has 1 N–H and O–H groups in total. The van der Waals surface area contributed by atoms with Crippen LogP contribution in [-0.2, 0) is 4.79 Å². The van der Waals surface area contributed by atoms with E-state index in [9.17, 15) is 4.79 Å². The number of carbonyl (C=O) groups excluding carboxylic acids is 1. The molecule has 3 aromatic rings. The number of amides is 1. The maximum atomic E-state index is 12.0. The Morgan fingerprint density at radius 2 is 1.96 bits per heavy atom. The molecule has 1 amide bonds. The van der Waals surface area contributed by atoms with E-state index in [-0.39, 0.29) is 5.91 Å². The molecule has 0 saturated carbocycles. The Kier molecular flexibility index (Phi) is 5.91. The highest BCUT2D eigenvalue weighted by Crippen LogP contribution is 2.27. The minimum Gasteiger partial charge on any atom is -0.326 e. The lowest BCUT2D eigenvalue weighted by molar-refractivity contribution is -0.115. The first kappa shape index (κ1) is 17.0. The Hall–Kier alpha value is -1.82. The first-order chi connectivity index (χ1) is 11.7. The van der Waals surface area contributed by atoms with Crippen LogP contribution in [0, 0.1) is 0 Å². The lowest BCUT2D eigenvalue weighted by Crippen LogP contribution is -2.12. The van der Waals surface area contributed by atoms with Crippen LogP contribution in [-0.4, -0.2) is 16.6 Å². The van der Waals surface area contributed by atoms with E-state index >= 15 is 0 Å². The van der Waals surface area contributed by atoms with Crippen molar-refractivity contribution < 1.29 is 4.79 Å². The Balaban J connectivity index is 1.49. The Morgan fingerprint density at radius 1 is 1.17 bits per heavy atom. The van der Waals surface area contributed by atoms with E-state index < -0.39 is 0 Å². The number of anilines is 1. The van der Waals surface area contributed by atoms with Gasteiger partial charge in [-0.2, -0.15) is 0 Å². The number of rotatable bonds is 6. The van der Waals surface area contributed by atoms with E-state index in [2.05, 4.69) is 10.3 Å². The lowest BCUT2D eigenvalue weighted by Gasteiger charge is -2.06. The smallest absolute Gasteiger partial charge is 0.225 e. The molecule has 0 aliphatic rings. The average Bonchev–Trinajstić information content (AvgIpc) is 3.12. The van der Waals surface area contributed by atoms with Gasteiger partial charge in [-0.25, -0.2) is 4.98 Å². The van der Waals surface area contributed by atoms with Crippen molar-refractivity contribution in [2.75, 3.05) is 11.1 Å². The summed E-state index contributed by atoms with van der Waals surface area (Å²) in [5, 5.41) is 6.56. The van der Waals surface area contributed by atoms with Gasteiger partial charge in [0.1, 0.15) is 5.01 Å². The molecule has 24 heavy (non-hydrogen) atoms. The third-order valence-electron chi connectivity index (χ3n) is 3.27. The third-order valence-corrected chi connectivity index (χ3v) is 5.61. The number of nitrogens with one attached hydrogen (secondary N) is 1. The molecule has 0 bridgehead atoms. The number of thioether (sulfide) groups is 1. The van der Waals surface area contributed by atoms with Crippen molar-refractivity contribution in [2.24, 2.45) is 0 Å². The zero-order valence-corrected chi connectivity index (χ0v) is 15.1. The van der Waals surface area contributed by atoms with Crippen LogP contribution < -0.4 is 5.32 Å². The number of benzene rings is 2. The second-order valence-corrected chi connectivity index (χ2v) is 7.43. The van der Waals surface area contributed by atoms with E-state index in [0.717, 1.165) is 26.2 Å². The molecule has 1 aromatic heterocycles. The summed E-state index contributed by atoms with van der Waals surface area (Å²) in [7, 11) is 0. The zero-order valence-electron chi connectivity index (χ0n) is 12.7. The fraction of sp³-hybridized carbons (Fsp3) is 0.111. The van der Waals surface area contributed by atoms with Crippen LogP contribution in [0.2, 0.25) is 5.02 Å². The maximum Gasteiger partial charge on any atom is 0.225 e. The second kappa shape index (κ2) is 8.33. The molecule has 3 rings (SSSR count). The van der Waals surface area contributed by atoms with Gasteiger partial charge in [-0.1, -0.05) is 23.7 Å². The monoisotopic (exact) mass is 374 g/mol. The molecule has 6 heteroatoms. The summed E-state index contributed by atoms with van der Waals surface area (Å²) in [5.41, 5.74) is 1.85. The van der Waals surface area contributed by atoms with Crippen LogP contribution in [0.15, 0.2) is 65.0 Å². The van der Waals surface area contributed by atoms with Crippen molar-refractivity contribution >= 4 is 46.3 Å². The molecular weight excluding hydrogens is 360 g/mol. The highest BCUT2D eigenvalue weighted by molar-refractivity contribution is 7.99. The summed E-state index contributed by atoms with van der Waals surface area (Å²) in [6.45, 7) is 0. The number of hydrogen-bond donors (Lipinski definition) is 1. The number of nitrogens with zero attached hydrogens (tertiary/aromatic N) is 1. The molecule has 0 atom stereocenters. The topological polar surface area (TPSA) is 42.0 Å². The van der Waals surface area contributed by atoms with Gasteiger partial charge in [0.15, 0.2) is 0 Å². The highest BCUT2D eigenvalue weighted by Gasteiger charge is 2.06. The summed E-state index contributed by atoms with van der Waals surface area (Å²) < 4.78 is 0. The molecule has 2 aromatic carbocycles. The van der Waals surface area contributed by atoms with E-state index in [0.29, 0.717) is 12.2 Å². The van der Waals surface area contributed by atoms with Crippen molar-refractivity contribution in [2.45, 2.75) is 11.3 Å². The Bertz CT molecular complexity index is 804. The normalized spacial score (nSPS) is 10.5. The van der Waals surface area contributed by atoms with Crippen molar-refractivity contribution in [3.05, 3.63) is 65.1 Å². The van der Waals surface area contributed by atoms with Crippen LogP contribution in [0.25, 0.3) is 10.6 Å². The van der Waals surface area contributed by atoms with Gasteiger partial charge in [0, 0.05) is 39.9 Å². The quantitative estimate of drug-likeness (QED) is 0.572. The largest absolute Gasteiger partial charge is 0.326 e. The van der Waals surface area contributed by atoms with Gasteiger partial charge in [0.25, 0.3) is 0 Å². The molecule has 122 valence electrons. The van der Waals surface area contributed by atoms with Gasteiger partial charge in [0.2, 0.25) is 5.91 Å². The third kappa shape index (κ3) is 4.60. The SMILES string of the molecule is O=C(CCSc1ccccc1Cl)Nc1ccc(-c2nccs2)cc1. The number of halogens is 1. The predicted molar refractivity (Wildman–Crippen MR) is 103 cm³/mol. The molecule has 0 aliphatic heterocycles. The van der Waals surface area contributed by atoms with E-state index in [4.69, 9.17) is 11.6 Å². The number of aromatic nitrogens is 1. The van der Waals surface area contributed by atoms with E-state index in [1.54, 1.807) is 29.3 Å². The van der Waals surface area contributed by atoms with E-state index in [1.807, 2.05) is 53.9 Å². The zero-order chi connectivity index (χ0) is 16.8. The van der Waals surface area contributed by atoms with Crippen LogP contribution in [0.5, 0.6) is 0 Å². The number of carbonyl (C=O) groups is 1. The maximum absolute atomic E-state index is 12.0. The first-order valence-corrected chi connectivity index (χ1v) is 9.64. The van der Waals surface area contributed by atoms with Crippen molar-refractivity contribution in [3.63, 3.8) is 0 Å². The second-order valence-electron chi connectivity index (χ2n) is 4.99. The molecule has 0 unspecified atom stereocenters. The molecule has 0 saturated heterocycles. The van der Waals surface area contributed by atoms with Gasteiger partial charge in [-0.3, -0.25) is 4.79 Å². The predicted octanol–water partition coefficient (Wildman–Crippen LogP) is 5.58. The summed E-state index contributed by atoms with van der Waals surface area (Å²) in [6, 6.07) is 15.4. The van der Waals surface area contributed by atoms with Crippen LogP contribution in [0.1, 0.15) is 6.42 Å². The van der Waals surface area contributed by atoms with Crippen molar-refractivity contribution in [3.8, 4) is 10.6 Å². The number of hydrogen-bond acceptors (Lipinski definition) is 4. The molecule has 0 aliphatic carbocycles. The van der Waals surface area contributed by atoms with Crippen LogP contribution in [0.4, 0.5) is 5.69 Å². The van der Waals surface area contributed by atoms with Gasteiger partial charge in [-0.05, 0) is 36.4 Å². The fourth-order valence-electron chi connectivity index (χ4n) is 2.10.